The van der Waals surface area contributed by atoms with Crippen LogP contribution in [0.3, 0.4) is 0 Å². The summed E-state index contributed by atoms with van der Waals surface area (Å²) < 4.78 is 20.5. The van der Waals surface area contributed by atoms with Gasteiger partial charge in [0.2, 0.25) is 11.8 Å². The number of halogens is 1. The van der Waals surface area contributed by atoms with E-state index in [1.165, 1.54) is 31.9 Å². The number of nitrogens with zero attached hydrogens (tertiary/aromatic N) is 4. The Kier molecular flexibility index (Phi) is 11.6. The number of rotatable bonds is 14. The van der Waals surface area contributed by atoms with Gasteiger partial charge >= 0.3 is 0 Å². The van der Waals surface area contributed by atoms with E-state index in [9.17, 15) is 28.4 Å². The topological polar surface area (TPSA) is 179 Å². The zero-order chi connectivity index (χ0) is 38.5. The van der Waals surface area contributed by atoms with Crippen molar-refractivity contribution in [1.82, 2.24) is 35.6 Å². The molecule has 1 atom stereocenters. The van der Waals surface area contributed by atoms with Crippen LogP contribution in [0.25, 0.3) is 10.8 Å². The van der Waals surface area contributed by atoms with Gasteiger partial charge < -0.3 is 30.5 Å². The average molecular weight is 753 g/mol. The second-order valence-electron chi connectivity index (χ2n) is 14.5. The molecule has 2 aromatic carbocycles. The predicted octanol–water partition coefficient (Wildman–Crippen LogP) is 2.84. The summed E-state index contributed by atoms with van der Waals surface area (Å²) in [5.74, 6) is 0.0275. The normalized spacial score (nSPS) is 18.9. The van der Waals surface area contributed by atoms with Crippen molar-refractivity contribution in [3.8, 4) is 0 Å². The monoisotopic (exact) mass is 752 g/mol. The van der Waals surface area contributed by atoms with Crippen LogP contribution >= 0.6 is 0 Å². The molecule has 2 bridgehead atoms. The quantitative estimate of drug-likeness (QED) is 0.141. The van der Waals surface area contributed by atoms with Gasteiger partial charge in [0.25, 0.3) is 17.4 Å². The van der Waals surface area contributed by atoms with Crippen LogP contribution in [0.5, 0.6) is 0 Å². The Hall–Kier alpha value is -5.54. The Bertz CT molecular complexity index is 2150. The molecule has 4 aliphatic rings. The van der Waals surface area contributed by atoms with Crippen LogP contribution in [0.4, 0.5) is 10.1 Å². The lowest BCUT2D eigenvalue weighted by Crippen LogP contribution is -2.52. The number of carbonyl (C=O) groups is 4. The molecule has 1 saturated heterocycles. The minimum atomic E-state index is -0.631. The standard InChI is InChI=1S/C40H45FN8O6/c1-24(50)45-35-21-28(31-19-26-16-27(31)17-26)22-44-37(35)39(53)43-9-15-55-14-8-42-23-36(51)48-10-12-49(13-11-48)40(54)32-18-25(6-7-33(32)41)20-34-29-4-2-3-5-30(29)38(52)47-46-34/h2-7,18,21-22,26-27,31,42H,8-17,19-20,23H2,1H3,(H,43,53)(H,45,50)(H,47,52)/t26?,27?,31-/m0/s1. The molecule has 2 aromatic heterocycles. The molecule has 288 valence electrons. The maximum atomic E-state index is 14.9. The van der Waals surface area contributed by atoms with Crippen molar-refractivity contribution in [1.29, 1.82) is 0 Å². The van der Waals surface area contributed by atoms with Crippen molar-refractivity contribution >= 4 is 40.1 Å². The molecule has 4 amide bonds. The first-order valence-electron chi connectivity index (χ1n) is 18.8. The highest BCUT2D eigenvalue weighted by atomic mass is 19.1. The molecule has 3 aliphatic carbocycles. The number of aromatic nitrogens is 3. The fourth-order valence-electron chi connectivity index (χ4n) is 7.97. The number of pyridine rings is 1. The van der Waals surface area contributed by atoms with Gasteiger partial charge in [-0.15, -0.1) is 0 Å². The number of piperazine rings is 1. The molecular formula is C40H45FN8O6. The number of nitrogens with one attached hydrogen (secondary N) is 4. The number of fused-ring (bicyclic) bond motifs is 2. The van der Waals surface area contributed by atoms with Crippen molar-refractivity contribution < 1.29 is 28.3 Å². The summed E-state index contributed by atoms with van der Waals surface area (Å²) in [6, 6.07) is 13.4. The van der Waals surface area contributed by atoms with E-state index in [1.807, 2.05) is 12.1 Å². The Labute approximate surface area is 317 Å². The number of hydrogen-bond donors (Lipinski definition) is 4. The number of carbonyl (C=O) groups excluding carboxylic acids is 4. The molecule has 0 radical (unpaired) electrons. The van der Waals surface area contributed by atoms with Gasteiger partial charge in [-0.3, -0.25) is 24.0 Å². The van der Waals surface area contributed by atoms with Crippen LogP contribution in [0, 0.1) is 17.7 Å². The summed E-state index contributed by atoms with van der Waals surface area (Å²) in [5.41, 5.74) is 2.59. The summed E-state index contributed by atoms with van der Waals surface area (Å²) >= 11 is 0. The van der Waals surface area contributed by atoms with Crippen LogP contribution in [-0.4, -0.2) is 108 Å². The lowest BCUT2D eigenvalue weighted by molar-refractivity contribution is -0.131. The summed E-state index contributed by atoms with van der Waals surface area (Å²) in [4.78, 5) is 70.7. The molecule has 55 heavy (non-hydrogen) atoms. The lowest BCUT2D eigenvalue weighted by Gasteiger charge is -2.35. The first kappa shape index (κ1) is 37.8. The first-order chi connectivity index (χ1) is 26.6. The fraction of sp³-hybridized carbons (Fsp3) is 0.425. The number of hydrogen-bond acceptors (Lipinski definition) is 9. The SMILES string of the molecule is CC(=O)Nc1cc([C@H]2CC3CC2C3)cnc1C(=O)NCCOCCNCC(=O)N1CCN(C(=O)c2cc(Cc3n[nH]c(=O)c4ccccc34)ccc2F)CC1. The molecule has 4 fully saturated rings. The molecule has 8 rings (SSSR count). The van der Waals surface area contributed by atoms with Gasteiger partial charge in [-0.05, 0) is 72.4 Å². The molecular weight excluding hydrogens is 707 g/mol. The van der Waals surface area contributed by atoms with E-state index in [-0.39, 0.29) is 61.4 Å². The molecule has 14 nitrogen and oxygen atoms in total. The second-order valence-corrected chi connectivity index (χ2v) is 14.5. The van der Waals surface area contributed by atoms with Gasteiger partial charge in [0.1, 0.15) is 5.82 Å². The molecule has 4 N–H and O–H groups in total. The Morgan fingerprint density at radius 3 is 2.44 bits per heavy atom. The average Bonchev–Trinajstić information content (AvgIpc) is 3.80. The van der Waals surface area contributed by atoms with Gasteiger partial charge in [-0.2, -0.15) is 5.10 Å². The van der Waals surface area contributed by atoms with Crippen molar-refractivity contribution in [2.45, 2.75) is 38.5 Å². The number of H-pyrrole nitrogens is 1. The highest BCUT2D eigenvalue weighted by molar-refractivity contribution is 6.02. The zero-order valence-electron chi connectivity index (χ0n) is 30.7. The van der Waals surface area contributed by atoms with Gasteiger partial charge in [-0.1, -0.05) is 24.3 Å². The summed E-state index contributed by atoms with van der Waals surface area (Å²) in [7, 11) is 0. The Morgan fingerprint density at radius 2 is 1.69 bits per heavy atom. The van der Waals surface area contributed by atoms with Crippen molar-refractivity contribution in [3.63, 3.8) is 0 Å². The van der Waals surface area contributed by atoms with Crippen molar-refractivity contribution in [3.05, 3.63) is 99.0 Å². The number of aromatic amines is 1. The minimum absolute atomic E-state index is 0.0529. The molecule has 0 unspecified atom stereocenters. The highest BCUT2D eigenvalue weighted by Crippen LogP contribution is 2.56. The Morgan fingerprint density at radius 1 is 0.945 bits per heavy atom. The third-order valence-electron chi connectivity index (χ3n) is 10.8. The highest BCUT2D eigenvalue weighted by Gasteiger charge is 2.45. The van der Waals surface area contributed by atoms with Crippen LogP contribution in [0.2, 0.25) is 0 Å². The smallest absolute Gasteiger partial charge is 0.272 e. The third-order valence-corrected chi connectivity index (χ3v) is 10.8. The summed E-state index contributed by atoms with van der Waals surface area (Å²) in [5, 5.41) is 16.5. The first-order valence-corrected chi connectivity index (χ1v) is 18.8. The van der Waals surface area contributed by atoms with Gasteiger partial charge in [0.15, 0.2) is 5.69 Å². The molecule has 0 spiro atoms. The zero-order valence-corrected chi connectivity index (χ0v) is 30.7. The van der Waals surface area contributed by atoms with E-state index < -0.39 is 17.6 Å². The maximum absolute atomic E-state index is 14.9. The molecule has 3 saturated carbocycles. The lowest BCUT2D eigenvalue weighted by atomic mass is 9.81. The van der Waals surface area contributed by atoms with Crippen LogP contribution < -0.4 is 21.5 Å². The minimum Gasteiger partial charge on any atom is -0.378 e. The number of ether oxygens (including phenoxy) is 1. The van der Waals surface area contributed by atoms with Gasteiger partial charge in [0, 0.05) is 64.2 Å². The van der Waals surface area contributed by atoms with Crippen LogP contribution in [0.15, 0.2) is 59.5 Å². The largest absolute Gasteiger partial charge is 0.378 e. The Balaban J connectivity index is 0.801. The van der Waals surface area contributed by atoms with Crippen molar-refractivity contribution in [2.75, 3.05) is 64.3 Å². The summed E-state index contributed by atoms with van der Waals surface area (Å²) in [6.45, 7) is 3.90. The number of benzene rings is 2. The molecule has 3 heterocycles. The number of amides is 4. The van der Waals surface area contributed by atoms with E-state index in [0.717, 1.165) is 17.9 Å². The van der Waals surface area contributed by atoms with Crippen LogP contribution in [0.1, 0.15) is 69.8 Å². The van der Waals surface area contributed by atoms with E-state index in [0.29, 0.717) is 72.2 Å². The molecule has 15 heteroatoms. The number of anilines is 1. The van der Waals surface area contributed by atoms with Crippen molar-refractivity contribution in [2.24, 2.45) is 11.8 Å². The van der Waals surface area contributed by atoms with Gasteiger partial charge in [0.05, 0.1) is 42.1 Å². The maximum Gasteiger partial charge on any atom is 0.272 e. The summed E-state index contributed by atoms with van der Waals surface area (Å²) in [6.07, 6.45) is 5.68. The van der Waals surface area contributed by atoms with E-state index in [1.54, 1.807) is 40.3 Å². The van der Waals surface area contributed by atoms with Crippen LogP contribution in [-0.2, 0) is 20.7 Å². The van der Waals surface area contributed by atoms with E-state index in [4.69, 9.17) is 4.74 Å². The second kappa shape index (κ2) is 16.9. The van der Waals surface area contributed by atoms with E-state index >= 15 is 0 Å². The predicted molar refractivity (Wildman–Crippen MR) is 202 cm³/mol. The van der Waals surface area contributed by atoms with Gasteiger partial charge in [-0.25, -0.2) is 14.5 Å². The third kappa shape index (κ3) is 8.73. The molecule has 4 aromatic rings. The fourth-order valence-corrected chi connectivity index (χ4v) is 7.97. The molecule has 1 aliphatic heterocycles. The van der Waals surface area contributed by atoms with E-state index in [2.05, 4.69) is 31.1 Å².